The summed E-state index contributed by atoms with van der Waals surface area (Å²) in [6.45, 7) is 1.80. The van der Waals surface area contributed by atoms with Crippen molar-refractivity contribution in [3.63, 3.8) is 0 Å². The number of aromatic hydroxyl groups is 1. The van der Waals surface area contributed by atoms with Gasteiger partial charge in [-0.3, -0.25) is 0 Å². The second kappa shape index (κ2) is 3.64. The van der Waals surface area contributed by atoms with E-state index < -0.39 is 0 Å². The molecule has 1 rings (SSSR count). The number of hydrogen-bond acceptors (Lipinski definition) is 2. The van der Waals surface area contributed by atoms with E-state index in [1.807, 2.05) is 0 Å². The molecular weight excluding hydrogens is 241 g/mol. The first kappa shape index (κ1) is 9.84. The highest BCUT2D eigenvalue weighted by Gasteiger charge is 2.11. The normalized spacial score (nSPS) is 13.0. The van der Waals surface area contributed by atoms with Gasteiger partial charge in [-0.25, -0.2) is 0 Å². The van der Waals surface area contributed by atoms with Crippen LogP contribution < -0.4 is 5.73 Å². The second-order valence-corrected chi connectivity index (χ2v) is 3.79. The maximum absolute atomic E-state index is 9.54. The van der Waals surface area contributed by atoms with Crippen LogP contribution in [0.1, 0.15) is 18.5 Å². The van der Waals surface area contributed by atoms with E-state index in [9.17, 15) is 5.11 Å². The predicted octanol–water partition coefficient (Wildman–Crippen LogP) is 2.83. The fraction of sp³-hybridized carbons (Fsp3) is 0.250. The molecule has 1 aromatic carbocycles. The molecule has 0 spiro atoms. The van der Waals surface area contributed by atoms with Gasteiger partial charge in [0.05, 0.1) is 9.50 Å². The zero-order valence-corrected chi connectivity index (χ0v) is 8.85. The summed E-state index contributed by atoms with van der Waals surface area (Å²) in [5, 5.41) is 10.0. The Morgan fingerprint density at radius 3 is 2.67 bits per heavy atom. The van der Waals surface area contributed by atoms with Gasteiger partial charge in [-0.05, 0) is 28.9 Å². The van der Waals surface area contributed by atoms with Gasteiger partial charge in [-0.15, -0.1) is 0 Å². The van der Waals surface area contributed by atoms with E-state index in [0.717, 1.165) is 0 Å². The number of nitrogens with two attached hydrogens (primary N) is 1. The number of hydrogen-bond donors (Lipinski definition) is 2. The molecule has 0 saturated carbocycles. The molecule has 66 valence electrons. The Bertz CT molecular complexity index is 301. The predicted molar refractivity (Wildman–Crippen MR) is 53.4 cm³/mol. The third kappa shape index (κ3) is 1.73. The highest BCUT2D eigenvalue weighted by molar-refractivity contribution is 9.10. The Hall–Kier alpha value is -0.250. The van der Waals surface area contributed by atoms with E-state index in [4.69, 9.17) is 17.3 Å². The van der Waals surface area contributed by atoms with Crippen molar-refractivity contribution in [3.05, 3.63) is 27.2 Å². The van der Waals surface area contributed by atoms with Crippen LogP contribution in [0.15, 0.2) is 16.6 Å². The molecule has 0 fully saturated rings. The maximum Gasteiger partial charge on any atom is 0.136 e. The Morgan fingerprint density at radius 2 is 2.17 bits per heavy atom. The van der Waals surface area contributed by atoms with Crippen LogP contribution in [0.2, 0.25) is 5.02 Å². The van der Waals surface area contributed by atoms with E-state index in [1.165, 1.54) is 0 Å². The summed E-state index contributed by atoms with van der Waals surface area (Å²) < 4.78 is 0.499. The average molecular weight is 251 g/mol. The van der Waals surface area contributed by atoms with E-state index in [2.05, 4.69) is 15.9 Å². The van der Waals surface area contributed by atoms with Gasteiger partial charge in [-0.1, -0.05) is 17.7 Å². The number of halogens is 2. The lowest BCUT2D eigenvalue weighted by Gasteiger charge is -2.09. The van der Waals surface area contributed by atoms with Gasteiger partial charge in [0, 0.05) is 11.6 Å². The SMILES string of the molecule is C[C@@H](N)c1ccc(Cl)c(Br)c1O. The van der Waals surface area contributed by atoms with Gasteiger partial charge >= 0.3 is 0 Å². The monoisotopic (exact) mass is 249 g/mol. The Balaban J connectivity index is 3.27. The number of rotatable bonds is 1. The van der Waals surface area contributed by atoms with Crippen molar-refractivity contribution in [3.8, 4) is 5.75 Å². The van der Waals surface area contributed by atoms with Crippen molar-refractivity contribution >= 4 is 27.5 Å². The molecule has 0 aromatic heterocycles. The van der Waals surface area contributed by atoms with Crippen LogP contribution in [-0.2, 0) is 0 Å². The van der Waals surface area contributed by atoms with Crippen LogP contribution in [0, 0.1) is 0 Å². The minimum absolute atomic E-state index is 0.123. The first-order valence-corrected chi connectivity index (χ1v) is 4.63. The summed E-state index contributed by atoms with van der Waals surface area (Å²) in [5.74, 6) is 0.123. The summed E-state index contributed by atoms with van der Waals surface area (Å²) in [7, 11) is 0. The highest BCUT2D eigenvalue weighted by Crippen LogP contribution is 2.36. The summed E-state index contributed by atoms with van der Waals surface area (Å²) in [4.78, 5) is 0. The Kier molecular flexibility index (Phi) is 2.99. The molecule has 0 aliphatic rings. The van der Waals surface area contributed by atoms with Crippen LogP contribution in [0.25, 0.3) is 0 Å². The average Bonchev–Trinajstić information content (AvgIpc) is 2.00. The minimum Gasteiger partial charge on any atom is -0.506 e. The van der Waals surface area contributed by atoms with E-state index >= 15 is 0 Å². The molecule has 12 heavy (non-hydrogen) atoms. The van der Waals surface area contributed by atoms with Crippen molar-refractivity contribution < 1.29 is 5.11 Å². The smallest absolute Gasteiger partial charge is 0.136 e. The number of benzene rings is 1. The first-order valence-electron chi connectivity index (χ1n) is 3.46. The van der Waals surface area contributed by atoms with Crippen molar-refractivity contribution in [2.75, 3.05) is 0 Å². The van der Waals surface area contributed by atoms with Gasteiger partial charge < -0.3 is 10.8 Å². The molecule has 4 heteroatoms. The van der Waals surface area contributed by atoms with E-state index in [0.29, 0.717) is 15.1 Å². The largest absolute Gasteiger partial charge is 0.506 e. The standard InChI is InChI=1S/C8H9BrClNO/c1-4(11)5-2-3-6(10)7(9)8(5)12/h2-4,12H,11H2,1H3/t4-/m1/s1. The summed E-state index contributed by atoms with van der Waals surface area (Å²) in [5.41, 5.74) is 6.30. The molecule has 3 N–H and O–H groups in total. The highest BCUT2D eigenvalue weighted by atomic mass is 79.9. The summed E-state index contributed by atoms with van der Waals surface area (Å²) in [6.07, 6.45) is 0. The van der Waals surface area contributed by atoms with Crippen LogP contribution in [0.5, 0.6) is 5.75 Å². The van der Waals surface area contributed by atoms with Crippen LogP contribution in [-0.4, -0.2) is 5.11 Å². The van der Waals surface area contributed by atoms with Crippen LogP contribution >= 0.6 is 27.5 Å². The van der Waals surface area contributed by atoms with E-state index in [1.54, 1.807) is 19.1 Å². The lowest BCUT2D eigenvalue weighted by Crippen LogP contribution is -2.05. The molecule has 0 radical (unpaired) electrons. The molecule has 0 amide bonds. The molecule has 2 nitrogen and oxygen atoms in total. The van der Waals surface area contributed by atoms with Crippen molar-refractivity contribution in [2.45, 2.75) is 13.0 Å². The zero-order valence-electron chi connectivity index (χ0n) is 6.51. The van der Waals surface area contributed by atoms with E-state index in [-0.39, 0.29) is 11.8 Å². The molecule has 0 aliphatic heterocycles. The fourth-order valence-corrected chi connectivity index (χ4v) is 1.44. The first-order chi connectivity index (χ1) is 5.54. The van der Waals surface area contributed by atoms with Crippen LogP contribution in [0.4, 0.5) is 0 Å². The minimum atomic E-state index is -0.196. The van der Waals surface area contributed by atoms with Gasteiger partial charge in [0.1, 0.15) is 5.75 Å². The Labute approximate surface area is 84.5 Å². The van der Waals surface area contributed by atoms with Crippen LogP contribution in [0.3, 0.4) is 0 Å². The summed E-state index contributed by atoms with van der Waals surface area (Å²) >= 11 is 8.90. The quantitative estimate of drug-likeness (QED) is 0.805. The zero-order chi connectivity index (χ0) is 9.30. The lowest BCUT2D eigenvalue weighted by atomic mass is 10.1. The molecule has 0 saturated heterocycles. The third-order valence-corrected chi connectivity index (χ3v) is 2.94. The summed E-state index contributed by atoms with van der Waals surface area (Å²) in [6, 6.07) is 3.22. The van der Waals surface area contributed by atoms with Crippen molar-refractivity contribution in [1.82, 2.24) is 0 Å². The van der Waals surface area contributed by atoms with Gasteiger partial charge in [0.2, 0.25) is 0 Å². The van der Waals surface area contributed by atoms with Gasteiger partial charge in [-0.2, -0.15) is 0 Å². The fourth-order valence-electron chi connectivity index (χ4n) is 0.922. The second-order valence-electron chi connectivity index (χ2n) is 2.59. The molecule has 0 heterocycles. The maximum atomic E-state index is 9.54. The van der Waals surface area contributed by atoms with Gasteiger partial charge in [0.25, 0.3) is 0 Å². The molecule has 0 aliphatic carbocycles. The molecule has 0 unspecified atom stereocenters. The number of phenolic OH excluding ortho intramolecular Hbond substituents is 1. The molecule has 1 aromatic rings. The van der Waals surface area contributed by atoms with Crippen molar-refractivity contribution in [2.24, 2.45) is 5.73 Å². The molecule has 1 atom stereocenters. The lowest BCUT2D eigenvalue weighted by molar-refractivity contribution is 0.460. The molecule has 0 bridgehead atoms. The third-order valence-electron chi connectivity index (χ3n) is 1.59. The van der Waals surface area contributed by atoms with Gasteiger partial charge in [0.15, 0.2) is 0 Å². The number of phenols is 1. The topological polar surface area (TPSA) is 46.2 Å². The molecular formula is C8H9BrClNO. The van der Waals surface area contributed by atoms with Crippen molar-refractivity contribution in [1.29, 1.82) is 0 Å². The Morgan fingerprint density at radius 1 is 1.58 bits per heavy atom.